The molecule has 1 N–H and O–H groups in total. The lowest BCUT2D eigenvalue weighted by Crippen LogP contribution is -2.23. The second-order valence-electron chi connectivity index (χ2n) is 4.82. The predicted octanol–water partition coefficient (Wildman–Crippen LogP) is 3.21. The molecule has 0 radical (unpaired) electrons. The molecule has 0 saturated carbocycles. The van der Waals surface area contributed by atoms with Gasteiger partial charge in [-0.2, -0.15) is 0 Å². The van der Waals surface area contributed by atoms with E-state index in [0.29, 0.717) is 6.04 Å². The van der Waals surface area contributed by atoms with Gasteiger partial charge in [-0.25, -0.2) is 0 Å². The van der Waals surface area contributed by atoms with Crippen molar-refractivity contribution in [3.05, 3.63) is 71.8 Å². The number of benzene rings is 2. The highest BCUT2D eigenvalue weighted by atomic mass is 15.0. The molecule has 2 heteroatoms. The molecule has 2 aromatic rings. The zero-order valence-electron chi connectivity index (χ0n) is 10.9. The van der Waals surface area contributed by atoms with Crippen LogP contribution in [-0.2, 0) is 0 Å². The Morgan fingerprint density at radius 3 is 2.32 bits per heavy atom. The minimum absolute atomic E-state index is 0.364. The second-order valence-corrected chi connectivity index (χ2v) is 4.82. The fourth-order valence-electron chi connectivity index (χ4n) is 2.52. The van der Waals surface area contributed by atoms with Crippen LogP contribution in [0.4, 0.5) is 0 Å². The van der Waals surface area contributed by atoms with Gasteiger partial charge in [0.05, 0.1) is 6.54 Å². The van der Waals surface area contributed by atoms with Gasteiger partial charge in [0.15, 0.2) is 0 Å². The molecule has 0 aliphatic carbocycles. The smallest absolute Gasteiger partial charge is 0.0518 e. The van der Waals surface area contributed by atoms with Gasteiger partial charge < -0.3 is 5.32 Å². The Labute approximate surface area is 114 Å². The van der Waals surface area contributed by atoms with Crippen LogP contribution >= 0.6 is 0 Å². The minimum atomic E-state index is 0.364. The minimum Gasteiger partial charge on any atom is -0.308 e. The van der Waals surface area contributed by atoms with E-state index < -0.39 is 0 Å². The van der Waals surface area contributed by atoms with Crippen LogP contribution in [0.5, 0.6) is 0 Å². The molecule has 0 spiro atoms. The maximum atomic E-state index is 4.72. The third kappa shape index (κ3) is 2.91. The van der Waals surface area contributed by atoms with Crippen molar-refractivity contribution < 1.29 is 0 Å². The van der Waals surface area contributed by atoms with E-state index in [-0.39, 0.29) is 0 Å². The quantitative estimate of drug-likeness (QED) is 0.869. The van der Waals surface area contributed by atoms with E-state index in [1.165, 1.54) is 16.8 Å². The van der Waals surface area contributed by atoms with Crippen molar-refractivity contribution in [2.75, 3.05) is 13.1 Å². The van der Waals surface area contributed by atoms with Crippen molar-refractivity contribution in [1.29, 1.82) is 0 Å². The Hall–Kier alpha value is -1.93. The van der Waals surface area contributed by atoms with Crippen LogP contribution in [0.15, 0.2) is 65.7 Å². The van der Waals surface area contributed by atoms with Crippen molar-refractivity contribution in [2.24, 2.45) is 4.99 Å². The number of nitrogens with zero attached hydrogens (tertiary/aromatic N) is 1. The number of nitrogens with one attached hydrogen (secondary N) is 1. The maximum Gasteiger partial charge on any atom is 0.0518 e. The molecule has 0 amide bonds. The van der Waals surface area contributed by atoms with Gasteiger partial charge in [-0.15, -0.1) is 0 Å². The normalized spacial score (nSPS) is 19.6. The average molecular weight is 250 g/mol. The zero-order chi connectivity index (χ0) is 12.9. The standard InChI is InChI=1S/C17H18N2/c1-3-7-14(8-4-1)16-13-17(19-12-11-18-16)15-9-5-2-6-10-15/h1-10,16,18H,11-13H2. The Morgan fingerprint density at radius 1 is 0.895 bits per heavy atom. The van der Waals surface area contributed by atoms with Crippen molar-refractivity contribution in [3.63, 3.8) is 0 Å². The van der Waals surface area contributed by atoms with Gasteiger partial charge in [0.1, 0.15) is 0 Å². The molecule has 1 aliphatic rings. The molecule has 1 heterocycles. The maximum absolute atomic E-state index is 4.72. The van der Waals surface area contributed by atoms with Crippen LogP contribution in [-0.4, -0.2) is 18.8 Å². The summed E-state index contributed by atoms with van der Waals surface area (Å²) < 4.78 is 0. The average Bonchev–Trinajstić information content (AvgIpc) is 2.75. The van der Waals surface area contributed by atoms with E-state index in [2.05, 4.69) is 59.9 Å². The van der Waals surface area contributed by atoms with Gasteiger partial charge in [0.2, 0.25) is 0 Å². The fraction of sp³-hybridized carbons (Fsp3) is 0.235. The number of hydrogen-bond acceptors (Lipinski definition) is 2. The molecule has 96 valence electrons. The summed E-state index contributed by atoms with van der Waals surface area (Å²) in [5, 5.41) is 3.58. The second kappa shape index (κ2) is 5.81. The first-order valence-corrected chi connectivity index (χ1v) is 6.80. The fourth-order valence-corrected chi connectivity index (χ4v) is 2.52. The van der Waals surface area contributed by atoms with Crippen LogP contribution in [0.3, 0.4) is 0 Å². The summed E-state index contributed by atoms with van der Waals surface area (Å²) in [4.78, 5) is 4.72. The first-order chi connectivity index (χ1) is 9.43. The first-order valence-electron chi connectivity index (χ1n) is 6.80. The van der Waals surface area contributed by atoms with E-state index in [4.69, 9.17) is 4.99 Å². The zero-order valence-corrected chi connectivity index (χ0v) is 10.9. The highest BCUT2D eigenvalue weighted by Crippen LogP contribution is 2.21. The molecule has 2 aromatic carbocycles. The lowest BCUT2D eigenvalue weighted by Gasteiger charge is -2.17. The summed E-state index contributed by atoms with van der Waals surface area (Å²) in [6, 6.07) is 21.5. The summed E-state index contributed by atoms with van der Waals surface area (Å²) >= 11 is 0. The van der Waals surface area contributed by atoms with E-state index >= 15 is 0 Å². The van der Waals surface area contributed by atoms with E-state index in [9.17, 15) is 0 Å². The molecule has 1 unspecified atom stereocenters. The van der Waals surface area contributed by atoms with Crippen LogP contribution < -0.4 is 5.32 Å². The highest BCUT2D eigenvalue weighted by molar-refractivity contribution is 6.01. The lowest BCUT2D eigenvalue weighted by atomic mass is 9.97. The van der Waals surface area contributed by atoms with E-state index in [0.717, 1.165) is 19.5 Å². The van der Waals surface area contributed by atoms with Gasteiger partial charge in [-0.05, 0) is 11.1 Å². The first kappa shape index (κ1) is 12.1. The summed E-state index contributed by atoms with van der Waals surface area (Å²) in [6.45, 7) is 1.80. The predicted molar refractivity (Wildman–Crippen MR) is 79.6 cm³/mol. The number of rotatable bonds is 2. The van der Waals surface area contributed by atoms with Crippen LogP contribution in [0, 0.1) is 0 Å². The summed E-state index contributed by atoms with van der Waals surface area (Å²) in [6.07, 6.45) is 0.952. The summed E-state index contributed by atoms with van der Waals surface area (Å²) in [5.41, 5.74) is 3.79. The molecule has 3 rings (SSSR count). The Balaban J connectivity index is 1.85. The van der Waals surface area contributed by atoms with Crippen molar-refractivity contribution >= 4 is 5.71 Å². The van der Waals surface area contributed by atoms with Crippen molar-refractivity contribution in [2.45, 2.75) is 12.5 Å². The van der Waals surface area contributed by atoms with Crippen LogP contribution in [0.1, 0.15) is 23.6 Å². The van der Waals surface area contributed by atoms with Crippen molar-refractivity contribution in [1.82, 2.24) is 5.32 Å². The number of hydrogen-bond donors (Lipinski definition) is 1. The Bertz CT molecular complexity index is 546. The molecular weight excluding hydrogens is 232 g/mol. The van der Waals surface area contributed by atoms with Crippen LogP contribution in [0.25, 0.3) is 0 Å². The van der Waals surface area contributed by atoms with Gasteiger partial charge >= 0.3 is 0 Å². The molecule has 0 aromatic heterocycles. The molecule has 0 fully saturated rings. The monoisotopic (exact) mass is 250 g/mol. The molecule has 2 nitrogen and oxygen atoms in total. The largest absolute Gasteiger partial charge is 0.308 e. The molecule has 0 saturated heterocycles. The lowest BCUT2D eigenvalue weighted by molar-refractivity contribution is 0.572. The molecule has 0 bridgehead atoms. The van der Waals surface area contributed by atoms with E-state index in [1.807, 2.05) is 6.07 Å². The van der Waals surface area contributed by atoms with E-state index in [1.54, 1.807) is 0 Å². The van der Waals surface area contributed by atoms with Crippen molar-refractivity contribution in [3.8, 4) is 0 Å². The number of aliphatic imine (C=N–C) groups is 1. The topological polar surface area (TPSA) is 24.4 Å². The van der Waals surface area contributed by atoms with Gasteiger partial charge in [-0.1, -0.05) is 60.7 Å². The van der Waals surface area contributed by atoms with Crippen LogP contribution in [0.2, 0.25) is 0 Å². The summed E-state index contributed by atoms with van der Waals surface area (Å²) in [7, 11) is 0. The Kier molecular flexibility index (Phi) is 3.70. The molecule has 1 aliphatic heterocycles. The highest BCUT2D eigenvalue weighted by Gasteiger charge is 2.17. The van der Waals surface area contributed by atoms with Gasteiger partial charge in [-0.3, -0.25) is 4.99 Å². The molecular formula is C17H18N2. The van der Waals surface area contributed by atoms with Gasteiger partial charge in [0.25, 0.3) is 0 Å². The third-order valence-corrected chi connectivity index (χ3v) is 3.51. The summed E-state index contributed by atoms with van der Waals surface area (Å²) in [5.74, 6) is 0. The molecule has 1 atom stereocenters. The SMILES string of the molecule is c1ccc(C2=NCCNC(c3ccccc3)C2)cc1. The molecule has 19 heavy (non-hydrogen) atoms. The van der Waals surface area contributed by atoms with Gasteiger partial charge in [0, 0.05) is 24.7 Å². The Morgan fingerprint density at radius 2 is 1.58 bits per heavy atom. The third-order valence-electron chi connectivity index (χ3n) is 3.51.